The number of hydrogen-bond donors (Lipinski definition) is 1. The minimum atomic E-state index is -3.45. The van der Waals surface area contributed by atoms with E-state index >= 15 is 0 Å². The van der Waals surface area contributed by atoms with Gasteiger partial charge >= 0.3 is 0 Å². The van der Waals surface area contributed by atoms with Crippen LogP contribution in [0.5, 0.6) is 0 Å². The fourth-order valence-electron chi connectivity index (χ4n) is 3.49. The number of carbonyl (C=O) groups is 1. The fourth-order valence-corrected chi connectivity index (χ4v) is 5.06. The molecule has 10 heteroatoms. The third-order valence-corrected chi connectivity index (χ3v) is 7.36. The van der Waals surface area contributed by atoms with Crippen molar-refractivity contribution in [3.63, 3.8) is 0 Å². The van der Waals surface area contributed by atoms with Gasteiger partial charge in [-0.2, -0.15) is 17.0 Å². The van der Waals surface area contributed by atoms with Crippen molar-refractivity contribution < 1.29 is 13.2 Å². The molecule has 1 unspecified atom stereocenters. The normalized spacial score (nSPS) is 21.1. The number of rotatable bonds is 5. The van der Waals surface area contributed by atoms with Crippen LogP contribution in [0, 0.1) is 0 Å². The van der Waals surface area contributed by atoms with Crippen molar-refractivity contribution in [3.8, 4) is 0 Å². The Morgan fingerprint density at radius 2 is 1.46 bits per heavy atom. The second-order valence-electron chi connectivity index (χ2n) is 7.21. The minimum Gasteiger partial charge on any atom is -0.340 e. The number of halogens is 1. The molecule has 1 atom stereocenters. The molecule has 0 aromatic heterocycles. The highest BCUT2D eigenvalue weighted by Crippen LogP contribution is 2.18. The maximum atomic E-state index is 12.8. The topological polar surface area (TPSA) is 90.2 Å². The highest BCUT2D eigenvalue weighted by Gasteiger charge is 2.34. The number of carbonyl (C=O) groups excluding carboxylic acids is 1. The molecule has 8 nitrogen and oxygen atoms in total. The Balaban J connectivity index is 0.00000280. The second kappa shape index (κ2) is 10.00. The molecule has 1 amide bonds. The first kappa shape index (κ1) is 23.1. The van der Waals surface area contributed by atoms with E-state index in [4.69, 9.17) is 5.73 Å². The van der Waals surface area contributed by atoms with E-state index in [0.717, 1.165) is 18.7 Å². The van der Waals surface area contributed by atoms with Crippen LogP contribution in [0.2, 0.25) is 0 Å². The molecule has 28 heavy (non-hydrogen) atoms. The van der Waals surface area contributed by atoms with Crippen LogP contribution >= 0.6 is 12.4 Å². The maximum absolute atomic E-state index is 12.8. The number of piperazine rings is 2. The van der Waals surface area contributed by atoms with Gasteiger partial charge < -0.3 is 15.5 Å². The molecule has 0 aliphatic carbocycles. The van der Waals surface area contributed by atoms with Gasteiger partial charge in [-0.3, -0.25) is 4.79 Å². The van der Waals surface area contributed by atoms with Crippen LogP contribution in [0.25, 0.3) is 0 Å². The zero-order valence-corrected chi connectivity index (χ0v) is 17.9. The van der Waals surface area contributed by atoms with Crippen molar-refractivity contribution in [2.24, 2.45) is 5.73 Å². The summed E-state index contributed by atoms with van der Waals surface area (Å²) in [6, 6.07) is 9.21. The summed E-state index contributed by atoms with van der Waals surface area (Å²) in [5.74, 6) is -0.0250. The lowest BCUT2D eigenvalue weighted by Crippen LogP contribution is -2.57. The molecule has 1 aromatic carbocycles. The Morgan fingerprint density at radius 3 is 2.00 bits per heavy atom. The number of nitrogens with zero attached hydrogens (tertiary/aromatic N) is 4. The zero-order chi connectivity index (χ0) is 19.4. The standard InChI is InChI=1S/C18H29N5O3S.ClH/c1-20-7-11-22(12-8-20)27(25,26)23-13-9-21(10-14-23)18(24)15-17(19)16-5-3-2-4-6-16;/h2-6,17H,7-15,19H2,1H3;1H. The third-order valence-electron chi connectivity index (χ3n) is 5.33. The summed E-state index contributed by atoms with van der Waals surface area (Å²) in [6.07, 6.45) is 0.231. The summed E-state index contributed by atoms with van der Waals surface area (Å²) in [5, 5.41) is 0. The molecule has 0 radical (unpaired) electrons. The molecule has 3 rings (SSSR count). The van der Waals surface area contributed by atoms with Gasteiger partial charge in [-0.15, -0.1) is 12.4 Å². The average Bonchev–Trinajstić information content (AvgIpc) is 2.69. The van der Waals surface area contributed by atoms with Crippen molar-refractivity contribution in [1.82, 2.24) is 18.4 Å². The number of amides is 1. The molecule has 0 bridgehead atoms. The molecule has 2 fully saturated rings. The van der Waals surface area contributed by atoms with Gasteiger partial charge in [0.1, 0.15) is 0 Å². The van der Waals surface area contributed by atoms with Gasteiger partial charge in [0.25, 0.3) is 10.2 Å². The summed E-state index contributed by atoms with van der Waals surface area (Å²) >= 11 is 0. The number of benzene rings is 1. The summed E-state index contributed by atoms with van der Waals surface area (Å²) in [7, 11) is -1.45. The molecule has 2 heterocycles. The highest BCUT2D eigenvalue weighted by atomic mass is 35.5. The zero-order valence-electron chi connectivity index (χ0n) is 16.2. The van der Waals surface area contributed by atoms with Crippen LogP contribution in [0.4, 0.5) is 0 Å². The third kappa shape index (κ3) is 5.43. The first-order valence-corrected chi connectivity index (χ1v) is 10.8. The molecule has 0 spiro atoms. The fraction of sp³-hybridized carbons (Fsp3) is 0.611. The van der Waals surface area contributed by atoms with Gasteiger partial charge in [0, 0.05) is 64.8 Å². The van der Waals surface area contributed by atoms with E-state index < -0.39 is 10.2 Å². The van der Waals surface area contributed by atoms with Crippen LogP contribution in [0.3, 0.4) is 0 Å². The maximum Gasteiger partial charge on any atom is 0.282 e. The molecule has 2 aliphatic rings. The lowest BCUT2D eigenvalue weighted by atomic mass is 10.0. The van der Waals surface area contributed by atoms with Crippen molar-refractivity contribution in [3.05, 3.63) is 35.9 Å². The van der Waals surface area contributed by atoms with Gasteiger partial charge in [0.2, 0.25) is 5.91 Å². The summed E-state index contributed by atoms with van der Waals surface area (Å²) in [5.41, 5.74) is 7.08. The van der Waals surface area contributed by atoms with Crippen molar-refractivity contribution in [1.29, 1.82) is 0 Å². The van der Waals surface area contributed by atoms with E-state index in [0.29, 0.717) is 39.3 Å². The van der Waals surface area contributed by atoms with E-state index in [1.54, 1.807) is 9.21 Å². The molecule has 1 aromatic rings. The van der Waals surface area contributed by atoms with Crippen molar-refractivity contribution in [2.75, 3.05) is 59.4 Å². The van der Waals surface area contributed by atoms with Gasteiger partial charge in [-0.05, 0) is 12.6 Å². The number of likely N-dealkylation sites (N-methyl/N-ethyl adjacent to an activating group) is 1. The molecule has 2 N–H and O–H groups in total. The molecular formula is C18H30ClN5O3S. The van der Waals surface area contributed by atoms with Crippen LogP contribution in [-0.2, 0) is 15.0 Å². The predicted octanol–water partition coefficient (Wildman–Crippen LogP) is 0.135. The lowest BCUT2D eigenvalue weighted by Gasteiger charge is -2.39. The summed E-state index contributed by atoms with van der Waals surface area (Å²) in [4.78, 5) is 16.4. The van der Waals surface area contributed by atoms with E-state index in [-0.39, 0.29) is 30.8 Å². The molecule has 2 saturated heterocycles. The van der Waals surface area contributed by atoms with Crippen LogP contribution in [0.15, 0.2) is 30.3 Å². The predicted molar refractivity (Wildman–Crippen MR) is 111 cm³/mol. The number of hydrogen-bond acceptors (Lipinski definition) is 5. The van der Waals surface area contributed by atoms with Crippen molar-refractivity contribution >= 4 is 28.5 Å². The highest BCUT2D eigenvalue weighted by molar-refractivity contribution is 7.86. The Morgan fingerprint density at radius 1 is 0.964 bits per heavy atom. The average molecular weight is 432 g/mol. The monoisotopic (exact) mass is 431 g/mol. The molecule has 2 aliphatic heterocycles. The smallest absolute Gasteiger partial charge is 0.282 e. The van der Waals surface area contributed by atoms with E-state index in [9.17, 15) is 13.2 Å². The summed E-state index contributed by atoms with van der Waals surface area (Å²) < 4.78 is 28.6. The van der Waals surface area contributed by atoms with E-state index in [1.807, 2.05) is 37.4 Å². The van der Waals surface area contributed by atoms with Crippen LogP contribution in [-0.4, -0.2) is 92.1 Å². The van der Waals surface area contributed by atoms with Gasteiger partial charge in [-0.1, -0.05) is 30.3 Å². The van der Waals surface area contributed by atoms with Gasteiger partial charge in [0.05, 0.1) is 0 Å². The Hall–Kier alpha value is -1.23. The van der Waals surface area contributed by atoms with Gasteiger partial charge in [0.15, 0.2) is 0 Å². The minimum absolute atomic E-state index is 0. The largest absolute Gasteiger partial charge is 0.340 e. The van der Waals surface area contributed by atoms with Crippen molar-refractivity contribution in [2.45, 2.75) is 12.5 Å². The first-order valence-electron chi connectivity index (χ1n) is 9.40. The second-order valence-corrected chi connectivity index (χ2v) is 9.14. The quantitative estimate of drug-likeness (QED) is 0.715. The molecule has 158 valence electrons. The van der Waals surface area contributed by atoms with Crippen LogP contribution in [0.1, 0.15) is 18.0 Å². The Labute approximate surface area is 173 Å². The van der Waals surface area contributed by atoms with Crippen LogP contribution < -0.4 is 5.73 Å². The number of nitrogens with two attached hydrogens (primary N) is 1. The summed E-state index contributed by atoms with van der Waals surface area (Å²) in [6.45, 7) is 4.01. The van der Waals surface area contributed by atoms with E-state index in [1.165, 1.54) is 4.31 Å². The van der Waals surface area contributed by atoms with E-state index in [2.05, 4.69) is 4.90 Å². The lowest BCUT2D eigenvalue weighted by molar-refractivity contribution is -0.132. The first-order chi connectivity index (χ1) is 12.9. The molecule has 0 saturated carbocycles. The Bertz CT molecular complexity index is 733. The van der Waals surface area contributed by atoms with Gasteiger partial charge in [-0.25, -0.2) is 0 Å². The SMILES string of the molecule is CN1CCN(S(=O)(=O)N2CCN(C(=O)CC(N)c3ccccc3)CC2)CC1.Cl. The Kier molecular flexibility index (Phi) is 8.23. The molecular weight excluding hydrogens is 402 g/mol.